The van der Waals surface area contributed by atoms with E-state index >= 15 is 0 Å². The van der Waals surface area contributed by atoms with Crippen LogP contribution >= 0.6 is 34.8 Å². The number of ether oxygens (including phenoxy) is 1. The number of fused-ring (bicyclic) bond motifs is 1. The van der Waals surface area contributed by atoms with E-state index in [1.165, 1.54) is 11.1 Å². The second kappa shape index (κ2) is 8.25. The van der Waals surface area contributed by atoms with Crippen LogP contribution in [0.15, 0.2) is 36.4 Å². The van der Waals surface area contributed by atoms with Crippen LogP contribution in [-0.2, 0) is 4.79 Å². The summed E-state index contributed by atoms with van der Waals surface area (Å²) in [5.74, 6) is -0.528. The highest BCUT2D eigenvalue weighted by molar-refractivity contribution is 6.35. The SMILES string of the molecule is CCC1Nc2ccc(Cl)cc2C(=O)N1NC(=O)COc1ccc(Cl)cc1Cl. The number of hydrogen-bond donors (Lipinski definition) is 2. The first-order chi connectivity index (χ1) is 12.9. The normalized spacial score (nSPS) is 15.8. The summed E-state index contributed by atoms with van der Waals surface area (Å²) in [4.78, 5) is 25.1. The average molecular weight is 429 g/mol. The number of nitrogens with zero attached hydrogens (tertiary/aromatic N) is 1. The van der Waals surface area contributed by atoms with Gasteiger partial charge in [-0.25, -0.2) is 5.01 Å². The van der Waals surface area contributed by atoms with E-state index in [0.29, 0.717) is 38.5 Å². The van der Waals surface area contributed by atoms with Gasteiger partial charge < -0.3 is 10.1 Å². The maximum absolute atomic E-state index is 12.8. The van der Waals surface area contributed by atoms with Gasteiger partial charge in [0.1, 0.15) is 11.9 Å². The van der Waals surface area contributed by atoms with Gasteiger partial charge in [-0.2, -0.15) is 0 Å². The Bertz CT molecular complexity index is 891. The summed E-state index contributed by atoms with van der Waals surface area (Å²) in [5, 5.41) is 5.64. The highest BCUT2D eigenvalue weighted by Gasteiger charge is 2.32. The number of hydrogen-bond acceptors (Lipinski definition) is 4. The van der Waals surface area contributed by atoms with Crippen molar-refractivity contribution in [2.75, 3.05) is 11.9 Å². The van der Waals surface area contributed by atoms with Gasteiger partial charge >= 0.3 is 0 Å². The Morgan fingerprint density at radius 1 is 1.19 bits per heavy atom. The van der Waals surface area contributed by atoms with Crippen molar-refractivity contribution in [3.63, 3.8) is 0 Å². The van der Waals surface area contributed by atoms with Gasteiger partial charge in [0.05, 0.1) is 10.6 Å². The minimum atomic E-state index is -0.500. The topological polar surface area (TPSA) is 70.7 Å². The van der Waals surface area contributed by atoms with E-state index in [9.17, 15) is 9.59 Å². The molecular formula is C18H16Cl3N3O3. The van der Waals surface area contributed by atoms with Crippen molar-refractivity contribution in [2.24, 2.45) is 0 Å². The molecule has 0 radical (unpaired) electrons. The van der Waals surface area contributed by atoms with Crippen LogP contribution in [0.5, 0.6) is 5.75 Å². The molecule has 1 aliphatic rings. The van der Waals surface area contributed by atoms with E-state index in [1.807, 2.05) is 6.92 Å². The quantitative estimate of drug-likeness (QED) is 0.742. The van der Waals surface area contributed by atoms with Crippen molar-refractivity contribution in [3.8, 4) is 5.75 Å². The number of nitrogens with one attached hydrogen (secondary N) is 2. The van der Waals surface area contributed by atoms with Gasteiger partial charge in [0, 0.05) is 15.7 Å². The summed E-state index contributed by atoms with van der Waals surface area (Å²) in [6.07, 6.45) is 0.187. The molecule has 2 N–H and O–H groups in total. The number of carbonyl (C=O) groups excluding carboxylic acids is 2. The van der Waals surface area contributed by atoms with Crippen LogP contribution in [0.4, 0.5) is 5.69 Å². The van der Waals surface area contributed by atoms with Crippen molar-refractivity contribution in [1.82, 2.24) is 10.4 Å². The van der Waals surface area contributed by atoms with E-state index < -0.39 is 12.1 Å². The molecule has 0 fully saturated rings. The first kappa shape index (κ1) is 19.6. The molecule has 0 aromatic heterocycles. The van der Waals surface area contributed by atoms with Crippen molar-refractivity contribution in [3.05, 3.63) is 57.0 Å². The zero-order valence-electron chi connectivity index (χ0n) is 14.3. The third-order valence-electron chi connectivity index (χ3n) is 3.95. The predicted octanol–water partition coefficient (Wildman–Crippen LogP) is 4.36. The maximum atomic E-state index is 12.8. The molecule has 2 aromatic rings. The number of halogens is 3. The van der Waals surface area contributed by atoms with Crippen LogP contribution in [0, 0.1) is 0 Å². The molecular weight excluding hydrogens is 413 g/mol. The fourth-order valence-electron chi connectivity index (χ4n) is 2.65. The first-order valence-corrected chi connectivity index (χ1v) is 9.29. The van der Waals surface area contributed by atoms with Crippen molar-refractivity contribution < 1.29 is 14.3 Å². The van der Waals surface area contributed by atoms with Crippen molar-refractivity contribution in [1.29, 1.82) is 0 Å². The Balaban J connectivity index is 1.69. The maximum Gasteiger partial charge on any atom is 0.276 e. The van der Waals surface area contributed by atoms with Crippen molar-refractivity contribution >= 4 is 52.3 Å². The highest BCUT2D eigenvalue weighted by atomic mass is 35.5. The van der Waals surface area contributed by atoms with Crippen LogP contribution in [0.2, 0.25) is 15.1 Å². The Hall–Kier alpha value is -2.15. The third-order valence-corrected chi connectivity index (χ3v) is 4.71. The fourth-order valence-corrected chi connectivity index (χ4v) is 3.29. The molecule has 1 unspecified atom stereocenters. The van der Waals surface area contributed by atoms with Gasteiger partial charge in [-0.15, -0.1) is 0 Å². The molecule has 0 bridgehead atoms. The molecule has 1 atom stereocenters. The molecule has 1 heterocycles. The lowest BCUT2D eigenvalue weighted by Gasteiger charge is -2.37. The number of benzene rings is 2. The lowest BCUT2D eigenvalue weighted by Crippen LogP contribution is -2.57. The predicted molar refractivity (Wildman–Crippen MR) is 105 cm³/mol. The molecule has 3 rings (SSSR count). The van der Waals surface area contributed by atoms with Crippen molar-refractivity contribution in [2.45, 2.75) is 19.5 Å². The second-order valence-corrected chi connectivity index (χ2v) is 7.11. The number of hydrazine groups is 1. The Labute approximate surface area is 171 Å². The molecule has 27 heavy (non-hydrogen) atoms. The van der Waals surface area contributed by atoms with E-state index in [4.69, 9.17) is 39.5 Å². The van der Waals surface area contributed by atoms with E-state index in [2.05, 4.69) is 10.7 Å². The first-order valence-electron chi connectivity index (χ1n) is 8.16. The van der Waals surface area contributed by atoms with Gasteiger partial charge in [0.2, 0.25) is 0 Å². The molecule has 0 aliphatic carbocycles. The van der Waals surface area contributed by atoms with E-state index in [-0.39, 0.29) is 12.5 Å². The lowest BCUT2D eigenvalue weighted by atomic mass is 10.1. The van der Waals surface area contributed by atoms with E-state index in [0.717, 1.165) is 0 Å². The zero-order chi connectivity index (χ0) is 19.6. The van der Waals surface area contributed by atoms with E-state index in [1.54, 1.807) is 30.3 Å². The van der Waals surface area contributed by atoms with Crippen LogP contribution < -0.4 is 15.5 Å². The average Bonchev–Trinajstić information content (AvgIpc) is 2.63. The molecule has 142 valence electrons. The number of carbonyl (C=O) groups is 2. The fraction of sp³-hybridized carbons (Fsp3) is 0.222. The van der Waals surface area contributed by atoms with Gasteiger partial charge in [0.15, 0.2) is 6.61 Å². The van der Waals surface area contributed by atoms with Gasteiger partial charge in [0.25, 0.3) is 11.8 Å². The number of rotatable bonds is 5. The Kier molecular flexibility index (Phi) is 5.99. The molecule has 2 amide bonds. The smallest absolute Gasteiger partial charge is 0.276 e. The van der Waals surface area contributed by atoms with Gasteiger partial charge in [-0.1, -0.05) is 41.7 Å². The molecule has 2 aromatic carbocycles. The molecule has 0 saturated carbocycles. The highest BCUT2D eigenvalue weighted by Crippen LogP contribution is 2.29. The molecule has 1 aliphatic heterocycles. The summed E-state index contributed by atoms with van der Waals surface area (Å²) in [5.41, 5.74) is 3.63. The minimum absolute atomic E-state index is 0.293. The molecule has 6 nitrogen and oxygen atoms in total. The summed E-state index contributed by atoms with van der Waals surface area (Å²) < 4.78 is 5.41. The van der Waals surface area contributed by atoms with Gasteiger partial charge in [-0.05, 0) is 42.8 Å². The minimum Gasteiger partial charge on any atom is -0.482 e. The monoisotopic (exact) mass is 427 g/mol. The molecule has 0 spiro atoms. The lowest BCUT2D eigenvalue weighted by molar-refractivity contribution is -0.127. The van der Waals surface area contributed by atoms with Crippen LogP contribution in [0.3, 0.4) is 0 Å². The Morgan fingerprint density at radius 3 is 2.59 bits per heavy atom. The second-order valence-electron chi connectivity index (χ2n) is 5.83. The van der Waals surface area contributed by atoms with Crippen LogP contribution in [0.25, 0.3) is 0 Å². The summed E-state index contributed by atoms with van der Waals surface area (Å²) in [7, 11) is 0. The summed E-state index contributed by atoms with van der Waals surface area (Å²) in [6.45, 7) is 1.58. The summed E-state index contributed by atoms with van der Waals surface area (Å²) in [6, 6.07) is 9.68. The largest absolute Gasteiger partial charge is 0.482 e. The Morgan fingerprint density at radius 2 is 1.89 bits per heavy atom. The third kappa shape index (κ3) is 4.40. The molecule has 9 heteroatoms. The van der Waals surface area contributed by atoms with Crippen LogP contribution in [0.1, 0.15) is 23.7 Å². The van der Waals surface area contributed by atoms with Gasteiger partial charge in [-0.3, -0.25) is 15.0 Å². The van der Waals surface area contributed by atoms with Crippen LogP contribution in [-0.4, -0.2) is 29.6 Å². The summed E-state index contributed by atoms with van der Waals surface area (Å²) >= 11 is 17.8. The number of anilines is 1. The standard InChI is InChI=1S/C18H16Cl3N3O3/c1-2-16-22-14-5-3-10(19)7-12(14)18(26)24(16)23-17(25)9-27-15-6-4-11(20)8-13(15)21/h3-8,16,22H,2,9H2,1H3,(H,23,25). The zero-order valence-corrected chi connectivity index (χ0v) is 16.5. The molecule has 0 saturated heterocycles. The number of amides is 2.